The first-order chi connectivity index (χ1) is 18.0. The molecule has 0 aliphatic heterocycles. The molecule has 0 saturated heterocycles. The minimum Gasteiger partial charge on any atom is -0.476 e. The van der Waals surface area contributed by atoms with Crippen LogP contribution in [0.5, 0.6) is 0 Å². The quantitative estimate of drug-likeness (QED) is 0.310. The van der Waals surface area contributed by atoms with Gasteiger partial charge < -0.3 is 25.4 Å². The molecule has 4 saturated carbocycles. The number of pyridine rings is 1. The lowest BCUT2D eigenvalue weighted by Gasteiger charge is -2.69. The first-order valence-electron chi connectivity index (χ1n) is 13.8. The number of ether oxygens (including phenoxy) is 1. The van der Waals surface area contributed by atoms with Gasteiger partial charge in [0.2, 0.25) is 0 Å². The minimum absolute atomic E-state index is 0.0526. The third-order valence-corrected chi connectivity index (χ3v) is 9.09. The number of nitrogens with one attached hydrogen (secondary N) is 1. The zero-order valence-electron chi connectivity index (χ0n) is 22.9. The molecule has 2 aromatic rings. The first kappa shape index (κ1) is 27.2. The lowest BCUT2D eigenvalue weighted by atomic mass is 9.39. The zero-order valence-corrected chi connectivity index (χ0v) is 22.9. The molecule has 6 rings (SSSR count). The molecule has 208 valence electrons. The molecule has 9 heteroatoms. The van der Waals surface area contributed by atoms with Gasteiger partial charge in [0.15, 0.2) is 5.69 Å². The lowest BCUT2D eigenvalue weighted by Crippen LogP contribution is -2.64. The van der Waals surface area contributed by atoms with Crippen molar-refractivity contribution in [3.63, 3.8) is 0 Å². The van der Waals surface area contributed by atoms with Crippen LogP contribution < -0.4 is 5.32 Å². The van der Waals surface area contributed by atoms with Crippen molar-refractivity contribution in [1.29, 1.82) is 0 Å². The number of carboxylic acid groups (broad SMARTS) is 1. The second-order valence-electron chi connectivity index (χ2n) is 13.1. The Balaban J connectivity index is 1.33. The van der Waals surface area contributed by atoms with Gasteiger partial charge in [-0.15, -0.1) is 0 Å². The van der Waals surface area contributed by atoms with Crippen LogP contribution >= 0.6 is 0 Å². The fourth-order valence-electron chi connectivity index (χ4n) is 8.96. The number of hydrogen-bond acceptors (Lipinski definition) is 7. The summed E-state index contributed by atoms with van der Waals surface area (Å²) in [6, 6.07) is 3.57. The topological polar surface area (TPSA) is 130 Å². The van der Waals surface area contributed by atoms with E-state index in [1.54, 1.807) is 18.3 Å². The Morgan fingerprint density at radius 1 is 1.13 bits per heavy atom. The fraction of sp³-hybridized carbons (Fsp3) is 0.690. The van der Waals surface area contributed by atoms with Crippen LogP contribution in [0, 0.1) is 23.2 Å². The molecule has 2 unspecified atom stereocenters. The highest BCUT2D eigenvalue weighted by Crippen LogP contribution is 2.72. The second-order valence-corrected chi connectivity index (χ2v) is 13.1. The van der Waals surface area contributed by atoms with Crippen LogP contribution in [0.1, 0.15) is 75.0 Å². The summed E-state index contributed by atoms with van der Waals surface area (Å²) in [5.41, 5.74) is 2.84. The molecule has 4 fully saturated rings. The van der Waals surface area contributed by atoms with Crippen molar-refractivity contribution in [2.45, 2.75) is 84.0 Å². The average Bonchev–Trinajstić information content (AvgIpc) is 3.17. The number of aliphatic hydroxyl groups is 2. The highest BCUT2D eigenvalue weighted by Gasteiger charge is 2.66. The van der Waals surface area contributed by atoms with Crippen LogP contribution in [0.25, 0.3) is 11.1 Å². The molecule has 2 aromatic heterocycles. The van der Waals surface area contributed by atoms with Crippen molar-refractivity contribution >= 4 is 5.97 Å². The van der Waals surface area contributed by atoms with E-state index in [2.05, 4.69) is 28.8 Å². The molecule has 4 bridgehead atoms. The standard InChI is InChI=1S/C29H42N4O5/c1-20-23(22-5-4-7-31-24(22)25(36)37)11-32-33(20)19-28-14-26(2)13-27(3,15-28)17-29(16-26,18-28)38-10-9-30-8-6-21(35)12-34/h4-5,7,11,21,30,34-35H,6,8-10,12-19H2,1-3H3,(H,36,37)/t21-,26?,27?,28?,29?/m1/s1. The van der Waals surface area contributed by atoms with Gasteiger partial charge in [0.05, 0.1) is 31.1 Å². The summed E-state index contributed by atoms with van der Waals surface area (Å²) in [5, 5.41) is 36.3. The molecular weight excluding hydrogens is 484 g/mol. The fourth-order valence-corrected chi connectivity index (χ4v) is 8.96. The Morgan fingerprint density at radius 2 is 1.87 bits per heavy atom. The molecule has 0 spiro atoms. The third-order valence-electron chi connectivity index (χ3n) is 9.09. The van der Waals surface area contributed by atoms with Gasteiger partial charge in [-0.3, -0.25) is 4.68 Å². The van der Waals surface area contributed by atoms with E-state index in [0.29, 0.717) is 25.1 Å². The van der Waals surface area contributed by atoms with Crippen molar-refractivity contribution in [3.05, 3.63) is 35.9 Å². The summed E-state index contributed by atoms with van der Waals surface area (Å²) < 4.78 is 8.82. The predicted molar refractivity (Wildman–Crippen MR) is 143 cm³/mol. The second kappa shape index (κ2) is 10.0. The third kappa shape index (κ3) is 5.26. The van der Waals surface area contributed by atoms with Crippen LogP contribution in [-0.4, -0.2) is 74.1 Å². The van der Waals surface area contributed by atoms with Crippen LogP contribution in [0.2, 0.25) is 0 Å². The van der Waals surface area contributed by atoms with Gasteiger partial charge in [0.1, 0.15) is 0 Å². The summed E-state index contributed by atoms with van der Waals surface area (Å²) in [6.07, 6.45) is 9.86. The van der Waals surface area contributed by atoms with Gasteiger partial charge in [0, 0.05) is 36.1 Å². The Kier molecular flexibility index (Phi) is 7.18. The van der Waals surface area contributed by atoms with Gasteiger partial charge in [-0.25, -0.2) is 9.78 Å². The maximum absolute atomic E-state index is 11.8. The molecule has 9 nitrogen and oxygen atoms in total. The molecule has 0 radical (unpaired) electrons. The van der Waals surface area contributed by atoms with Crippen LogP contribution in [-0.2, 0) is 11.3 Å². The Bertz CT molecular complexity index is 1160. The number of aromatic nitrogens is 3. The molecule has 2 heterocycles. The van der Waals surface area contributed by atoms with Gasteiger partial charge in [-0.05, 0) is 80.7 Å². The van der Waals surface area contributed by atoms with Crippen molar-refractivity contribution in [3.8, 4) is 11.1 Å². The summed E-state index contributed by atoms with van der Waals surface area (Å²) in [5.74, 6) is -1.03. The monoisotopic (exact) mass is 526 g/mol. The normalized spacial score (nSPS) is 32.6. The number of carboxylic acids is 1. The molecule has 4 aliphatic carbocycles. The molecule has 0 amide bonds. The molecule has 3 atom stereocenters. The maximum atomic E-state index is 11.8. The van der Waals surface area contributed by atoms with Crippen LogP contribution in [0.15, 0.2) is 24.5 Å². The zero-order chi connectivity index (χ0) is 27.2. The molecule has 4 aliphatic rings. The maximum Gasteiger partial charge on any atom is 0.355 e. The van der Waals surface area contributed by atoms with E-state index < -0.39 is 12.1 Å². The summed E-state index contributed by atoms with van der Waals surface area (Å²) in [4.78, 5) is 15.9. The number of aliphatic hydroxyl groups excluding tert-OH is 2. The average molecular weight is 527 g/mol. The highest BCUT2D eigenvalue weighted by atomic mass is 16.5. The predicted octanol–water partition coefficient (Wildman–Crippen LogP) is 3.42. The van der Waals surface area contributed by atoms with Crippen LogP contribution in [0.3, 0.4) is 0 Å². The van der Waals surface area contributed by atoms with Crippen molar-refractivity contribution in [2.24, 2.45) is 16.2 Å². The van der Waals surface area contributed by atoms with Crippen LogP contribution in [0.4, 0.5) is 0 Å². The van der Waals surface area contributed by atoms with Crippen molar-refractivity contribution in [1.82, 2.24) is 20.1 Å². The highest BCUT2D eigenvalue weighted by molar-refractivity contribution is 5.94. The molecule has 4 N–H and O–H groups in total. The van der Waals surface area contributed by atoms with E-state index in [0.717, 1.165) is 56.5 Å². The molecule has 0 aromatic carbocycles. The summed E-state index contributed by atoms with van der Waals surface area (Å²) in [6.45, 7) is 9.48. The first-order valence-corrected chi connectivity index (χ1v) is 13.8. The number of nitrogens with zero attached hydrogens (tertiary/aromatic N) is 3. The summed E-state index contributed by atoms with van der Waals surface area (Å²) in [7, 11) is 0. The number of aromatic carboxylic acids is 1. The van der Waals surface area contributed by atoms with Gasteiger partial charge in [-0.2, -0.15) is 5.10 Å². The Morgan fingerprint density at radius 3 is 2.55 bits per heavy atom. The SMILES string of the molecule is Cc1c(-c2cccnc2C(=O)O)cnn1CC12CC3(C)CC(C)(C1)CC(OCCNCC[C@@H](O)CO)(C3)C2. The van der Waals surface area contributed by atoms with Crippen molar-refractivity contribution in [2.75, 3.05) is 26.3 Å². The smallest absolute Gasteiger partial charge is 0.355 e. The Hall–Kier alpha value is -2.33. The number of carbonyl (C=O) groups is 1. The van der Waals surface area contributed by atoms with E-state index in [-0.39, 0.29) is 34.1 Å². The van der Waals surface area contributed by atoms with E-state index in [1.165, 1.54) is 12.6 Å². The van der Waals surface area contributed by atoms with Gasteiger partial charge >= 0.3 is 5.97 Å². The Labute approximate surface area is 224 Å². The molecule has 38 heavy (non-hydrogen) atoms. The van der Waals surface area contributed by atoms with Gasteiger partial charge in [-0.1, -0.05) is 19.9 Å². The van der Waals surface area contributed by atoms with Crippen molar-refractivity contribution < 1.29 is 24.9 Å². The largest absolute Gasteiger partial charge is 0.476 e. The minimum atomic E-state index is -1.03. The lowest BCUT2D eigenvalue weighted by molar-refractivity contribution is -0.247. The van der Waals surface area contributed by atoms with E-state index >= 15 is 0 Å². The van der Waals surface area contributed by atoms with Gasteiger partial charge in [0.25, 0.3) is 0 Å². The summed E-state index contributed by atoms with van der Waals surface area (Å²) >= 11 is 0. The van der Waals surface area contributed by atoms with E-state index in [9.17, 15) is 15.0 Å². The number of hydrogen-bond donors (Lipinski definition) is 4. The molecular formula is C29H42N4O5. The number of rotatable bonds is 12. The van der Waals surface area contributed by atoms with E-state index in [1.807, 2.05) is 6.92 Å². The van der Waals surface area contributed by atoms with E-state index in [4.69, 9.17) is 14.9 Å².